The smallest absolute Gasteiger partial charge is 0.309 e. The molecule has 1 heterocycles. The van der Waals surface area contributed by atoms with E-state index in [-0.39, 0.29) is 30.1 Å². The minimum atomic E-state index is -0.650. The van der Waals surface area contributed by atoms with Gasteiger partial charge in [-0.05, 0) is 110 Å². The van der Waals surface area contributed by atoms with Crippen LogP contribution in [0.2, 0.25) is 0 Å². The molecule has 0 aliphatic carbocycles. The van der Waals surface area contributed by atoms with E-state index in [0.29, 0.717) is 57.6 Å². The van der Waals surface area contributed by atoms with Crippen molar-refractivity contribution in [3.05, 3.63) is 0 Å². The molecular weight excluding hydrogens is 951 g/mol. The van der Waals surface area contributed by atoms with Crippen molar-refractivity contribution in [1.29, 1.82) is 0 Å². The fraction of sp³-hybridized carbons (Fsp3) is 0.955. The number of unbranched alkanes of at least 4 members (excludes halogenated alkanes) is 25. The summed E-state index contributed by atoms with van der Waals surface area (Å²) in [5.41, 5.74) is -0.650. The molecule has 3 atom stereocenters. The third-order valence-electron chi connectivity index (χ3n) is 15.9. The third-order valence-corrected chi connectivity index (χ3v) is 15.9. The van der Waals surface area contributed by atoms with Gasteiger partial charge in [0.2, 0.25) is 0 Å². The molecule has 1 aliphatic rings. The first-order chi connectivity index (χ1) is 37.0. The van der Waals surface area contributed by atoms with Gasteiger partial charge in [-0.15, -0.1) is 0 Å². The summed E-state index contributed by atoms with van der Waals surface area (Å²) in [6.45, 7) is 20.4. The fourth-order valence-corrected chi connectivity index (χ4v) is 10.2. The van der Waals surface area contributed by atoms with Gasteiger partial charge in [0.1, 0.15) is 5.78 Å². The molecule has 0 radical (unpaired) electrons. The van der Waals surface area contributed by atoms with Crippen LogP contribution in [0.3, 0.4) is 0 Å². The lowest BCUT2D eigenvalue weighted by atomic mass is 9.85. The van der Waals surface area contributed by atoms with Crippen molar-refractivity contribution in [1.82, 2.24) is 4.90 Å². The van der Waals surface area contributed by atoms with Gasteiger partial charge in [0.15, 0.2) is 6.29 Å². The van der Waals surface area contributed by atoms with Gasteiger partial charge in [-0.1, -0.05) is 215 Å². The number of hydrogen-bond donors (Lipinski definition) is 1. The number of rotatable bonds is 55. The van der Waals surface area contributed by atoms with Crippen molar-refractivity contribution in [2.45, 2.75) is 343 Å². The van der Waals surface area contributed by atoms with E-state index in [2.05, 4.69) is 60.4 Å². The first kappa shape index (κ1) is 74.4. The van der Waals surface area contributed by atoms with E-state index in [9.17, 15) is 19.5 Å². The number of esters is 2. The van der Waals surface area contributed by atoms with E-state index in [1.54, 1.807) is 0 Å². The van der Waals surface area contributed by atoms with Crippen molar-refractivity contribution in [2.75, 3.05) is 53.2 Å². The van der Waals surface area contributed by atoms with Crippen LogP contribution >= 0.6 is 0 Å². The Kier molecular flexibility index (Phi) is 54.2. The van der Waals surface area contributed by atoms with Crippen molar-refractivity contribution in [3.8, 4) is 0 Å². The number of carbonyl (C=O) groups excluding carboxylic acids is 3. The predicted molar refractivity (Wildman–Crippen MR) is 320 cm³/mol. The van der Waals surface area contributed by atoms with Crippen LogP contribution in [-0.2, 0) is 38.1 Å². The van der Waals surface area contributed by atoms with Gasteiger partial charge in [-0.25, -0.2) is 0 Å². The van der Waals surface area contributed by atoms with Crippen molar-refractivity contribution < 1.29 is 43.2 Å². The minimum absolute atomic E-state index is 0.0424. The zero-order chi connectivity index (χ0) is 56.0. The van der Waals surface area contributed by atoms with Gasteiger partial charge in [0, 0.05) is 38.6 Å². The van der Waals surface area contributed by atoms with Gasteiger partial charge in [0.05, 0.1) is 37.3 Å². The summed E-state index contributed by atoms with van der Waals surface area (Å²) in [5, 5.41) is 11.6. The molecule has 452 valence electrons. The Morgan fingerprint density at radius 2 is 0.868 bits per heavy atom. The molecule has 0 aromatic carbocycles. The normalized spacial score (nSPS) is 14.8. The van der Waals surface area contributed by atoms with E-state index in [0.717, 1.165) is 129 Å². The van der Waals surface area contributed by atoms with Crippen LogP contribution < -0.4 is 0 Å². The van der Waals surface area contributed by atoms with E-state index in [4.69, 9.17) is 23.7 Å². The van der Waals surface area contributed by atoms with Gasteiger partial charge in [0.25, 0.3) is 0 Å². The second-order valence-corrected chi connectivity index (χ2v) is 23.3. The van der Waals surface area contributed by atoms with Crippen LogP contribution in [-0.4, -0.2) is 98.9 Å². The lowest BCUT2D eigenvalue weighted by Crippen LogP contribution is -2.34. The van der Waals surface area contributed by atoms with Crippen LogP contribution in [0, 0.1) is 11.8 Å². The lowest BCUT2D eigenvalue weighted by Gasteiger charge is -2.29. The van der Waals surface area contributed by atoms with E-state index in [1.807, 2.05) is 0 Å². The SMILES string of the molecule is CCCCCCCCC(CCC(=O)C(C)CC)OCCCCCCC.CCCCCCCOC(CCC(=O)OCCCCCCC(O)(CCCCCCC)CCCCOC(=O)C1CCN(C)CC1)OCCCCCCC. The molecule has 10 nitrogen and oxygen atoms in total. The number of ketones is 1. The average molecular weight is 1080 g/mol. The van der Waals surface area contributed by atoms with Gasteiger partial charge in [-0.3, -0.25) is 14.4 Å². The molecule has 0 bridgehead atoms. The van der Waals surface area contributed by atoms with Crippen molar-refractivity contribution >= 4 is 17.7 Å². The monoisotopic (exact) mass is 1080 g/mol. The second-order valence-electron chi connectivity index (χ2n) is 23.3. The summed E-state index contributed by atoms with van der Waals surface area (Å²) in [5.74, 6) is 0.457. The average Bonchev–Trinajstić information content (AvgIpc) is 3.42. The van der Waals surface area contributed by atoms with Crippen LogP contribution in [0.15, 0.2) is 0 Å². The number of Topliss-reactive ketones (excluding diaryl/α,β-unsaturated/α-hetero) is 1. The van der Waals surface area contributed by atoms with E-state index in [1.165, 1.54) is 148 Å². The first-order valence-corrected chi connectivity index (χ1v) is 33.1. The Hall–Kier alpha value is -1.59. The maximum Gasteiger partial charge on any atom is 0.309 e. The highest BCUT2D eigenvalue weighted by Gasteiger charge is 2.27. The molecule has 10 heteroatoms. The minimum Gasteiger partial charge on any atom is -0.466 e. The summed E-state index contributed by atoms with van der Waals surface area (Å²) >= 11 is 0. The molecule has 1 fully saturated rings. The number of piperidine rings is 1. The van der Waals surface area contributed by atoms with E-state index >= 15 is 0 Å². The fourth-order valence-electron chi connectivity index (χ4n) is 10.2. The summed E-state index contributed by atoms with van der Waals surface area (Å²) in [6, 6.07) is 0. The Morgan fingerprint density at radius 3 is 1.36 bits per heavy atom. The standard InChI is InChI=1S/C43H83NO7.C23H46O2/c1-5-8-11-14-19-30-43(47,32-21-25-38-51-42(46)39-28-33-44(4)34-29-39)31-20-15-18-22-35-48-40(45)26-27-41(49-36-23-16-12-9-6-2)50-37-24-17-13-10-7-3;1-5-8-10-12-13-15-17-22(18-19-23(24)21(4)7-3)25-20-16-14-11-9-6-2/h39,41,47H,5-38H2,1-4H3;21-22H,5-20H2,1-4H3. The lowest BCUT2D eigenvalue weighted by molar-refractivity contribution is -0.159. The summed E-state index contributed by atoms with van der Waals surface area (Å²) in [4.78, 5) is 39.3. The van der Waals surface area contributed by atoms with Crippen LogP contribution in [0.4, 0.5) is 0 Å². The van der Waals surface area contributed by atoms with Gasteiger partial charge in [-0.2, -0.15) is 0 Å². The molecule has 0 aromatic rings. The van der Waals surface area contributed by atoms with Crippen molar-refractivity contribution in [3.63, 3.8) is 0 Å². The molecule has 76 heavy (non-hydrogen) atoms. The Labute approximate surface area is 471 Å². The van der Waals surface area contributed by atoms with Gasteiger partial charge >= 0.3 is 11.9 Å². The third kappa shape index (κ3) is 47.2. The molecule has 0 aromatic heterocycles. The van der Waals surface area contributed by atoms with Crippen LogP contribution in [0.1, 0.15) is 325 Å². The number of likely N-dealkylation sites (tertiary alicyclic amines) is 1. The Bertz CT molecular complexity index is 1230. The topological polar surface area (TPSA) is 121 Å². The van der Waals surface area contributed by atoms with Gasteiger partial charge < -0.3 is 33.7 Å². The van der Waals surface area contributed by atoms with Crippen LogP contribution in [0.25, 0.3) is 0 Å². The second kappa shape index (κ2) is 55.3. The Morgan fingerprint density at radius 1 is 0.474 bits per heavy atom. The maximum absolute atomic E-state index is 12.5. The van der Waals surface area contributed by atoms with Crippen LogP contribution in [0.5, 0.6) is 0 Å². The molecule has 3 unspecified atom stereocenters. The quantitative estimate of drug-likeness (QED) is 0.0358. The first-order valence-electron chi connectivity index (χ1n) is 33.1. The van der Waals surface area contributed by atoms with Crippen molar-refractivity contribution in [2.24, 2.45) is 11.8 Å². The predicted octanol–water partition coefficient (Wildman–Crippen LogP) is 18.2. The summed E-state index contributed by atoms with van der Waals surface area (Å²) in [7, 11) is 2.10. The largest absolute Gasteiger partial charge is 0.466 e. The number of ether oxygens (including phenoxy) is 5. The zero-order valence-corrected chi connectivity index (χ0v) is 51.8. The molecule has 1 saturated heterocycles. The highest BCUT2D eigenvalue weighted by atomic mass is 16.7. The molecule has 0 amide bonds. The summed E-state index contributed by atoms with van der Waals surface area (Å²) < 4.78 is 29.4. The van der Waals surface area contributed by atoms with E-state index < -0.39 is 5.60 Å². The number of aliphatic hydroxyl groups is 1. The maximum atomic E-state index is 12.5. The molecule has 1 aliphatic heterocycles. The molecule has 0 saturated carbocycles. The Balaban J connectivity index is 0.00000188. The number of nitrogens with zero attached hydrogens (tertiary/aromatic N) is 1. The molecule has 1 rings (SSSR count). The molecule has 0 spiro atoms. The highest BCUT2D eigenvalue weighted by molar-refractivity contribution is 5.80. The molecule has 1 N–H and O–H groups in total. The highest BCUT2D eigenvalue weighted by Crippen LogP contribution is 2.29. The number of hydrogen-bond acceptors (Lipinski definition) is 10. The number of carbonyl (C=O) groups is 3. The summed E-state index contributed by atoms with van der Waals surface area (Å²) in [6.07, 6.45) is 46.4. The molecular formula is C66H129NO9. The zero-order valence-electron chi connectivity index (χ0n) is 51.8.